The number of amides is 4. The molecule has 1 saturated carbocycles. The first-order valence-electron chi connectivity index (χ1n) is 11.9. The summed E-state index contributed by atoms with van der Waals surface area (Å²) in [6.07, 6.45) is 4.01. The van der Waals surface area contributed by atoms with E-state index in [9.17, 15) is 19.2 Å². The molecule has 9 nitrogen and oxygen atoms in total. The summed E-state index contributed by atoms with van der Waals surface area (Å²) in [5.41, 5.74) is 0.462. The van der Waals surface area contributed by atoms with Crippen molar-refractivity contribution in [2.24, 2.45) is 0 Å². The molecular formula is C25H30N4O5S. The summed E-state index contributed by atoms with van der Waals surface area (Å²) in [6.45, 7) is 3.44. The molecule has 0 unspecified atom stereocenters. The van der Waals surface area contributed by atoms with Gasteiger partial charge in [-0.2, -0.15) is 0 Å². The Morgan fingerprint density at radius 1 is 1.14 bits per heavy atom. The fourth-order valence-corrected chi connectivity index (χ4v) is 5.78. The number of carbonyl (C=O) groups is 4. The van der Waals surface area contributed by atoms with E-state index in [-0.39, 0.29) is 25.6 Å². The third-order valence-electron chi connectivity index (χ3n) is 6.74. The number of thiazole rings is 1. The predicted octanol–water partition coefficient (Wildman–Crippen LogP) is 3.76. The highest BCUT2D eigenvalue weighted by atomic mass is 32.1. The standard InChI is InChI=1S/C25H30N4O5S/c1-4-34-21(31)20-17(2)26-23(35-20)28(15-18-11-7-5-8-12-18)19(30)16-29-22(32)25(27(3)24(29)33)13-9-6-10-14-25/h5,7-8,11-12H,4,6,9-10,13-16H2,1-3H3. The van der Waals surface area contributed by atoms with Crippen LogP contribution in [-0.4, -0.2) is 64.3 Å². The van der Waals surface area contributed by atoms with Crippen molar-refractivity contribution in [3.63, 3.8) is 0 Å². The predicted molar refractivity (Wildman–Crippen MR) is 131 cm³/mol. The highest BCUT2D eigenvalue weighted by molar-refractivity contribution is 7.17. The summed E-state index contributed by atoms with van der Waals surface area (Å²) in [5, 5.41) is 0.319. The van der Waals surface area contributed by atoms with Crippen LogP contribution in [0.25, 0.3) is 0 Å². The number of hydrogen-bond acceptors (Lipinski definition) is 7. The number of esters is 1. The maximum atomic E-state index is 13.6. The van der Waals surface area contributed by atoms with E-state index in [0.29, 0.717) is 28.5 Å². The Morgan fingerprint density at radius 2 is 1.83 bits per heavy atom. The number of hydrogen-bond donors (Lipinski definition) is 0. The van der Waals surface area contributed by atoms with Gasteiger partial charge < -0.3 is 9.64 Å². The van der Waals surface area contributed by atoms with Gasteiger partial charge in [-0.25, -0.2) is 14.6 Å². The number of rotatable bonds is 7. The summed E-state index contributed by atoms with van der Waals surface area (Å²) in [5.74, 6) is -1.24. The first-order chi connectivity index (χ1) is 16.8. The SMILES string of the molecule is CCOC(=O)c1sc(N(Cc2ccccc2)C(=O)CN2C(=O)N(C)C3(CCCCC3)C2=O)nc1C. The molecule has 2 fully saturated rings. The third kappa shape index (κ3) is 4.67. The van der Waals surface area contributed by atoms with Crippen LogP contribution in [0.4, 0.5) is 9.93 Å². The van der Waals surface area contributed by atoms with Gasteiger partial charge in [0.25, 0.3) is 5.91 Å². The van der Waals surface area contributed by atoms with E-state index in [2.05, 4.69) is 4.98 Å². The van der Waals surface area contributed by atoms with Crippen molar-refractivity contribution >= 4 is 40.3 Å². The van der Waals surface area contributed by atoms with E-state index in [1.54, 1.807) is 20.9 Å². The van der Waals surface area contributed by atoms with Gasteiger partial charge in [-0.1, -0.05) is 60.9 Å². The summed E-state index contributed by atoms with van der Waals surface area (Å²) in [4.78, 5) is 61.2. The Bertz CT molecular complexity index is 1130. The van der Waals surface area contributed by atoms with Gasteiger partial charge in [0.15, 0.2) is 5.13 Å². The molecule has 1 aromatic carbocycles. The minimum Gasteiger partial charge on any atom is -0.462 e. The average molecular weight is 499 g/mol. The second-order valence-electron chi connectivity index (χ2n) is 8.92. The second-order valence-corrected chi connectivity index (χ2v) is 9.90. The molecule has 1 saturated heterocycles. The summed E-state index contributed by atoms with van der Waals surface area (Å²) in [7, 11) is 1.65. The van der Waals surface area contributed by atoms with Gasteiger partial charge in [-0.05, 0) is 32.3 Å². The zero-order chi connectivity index (χ0) is 25.2. The maximum absolute atomic E-state index is 13.6. The van der Waals surface area contributed by atoms with Gasteiger partial charge in [0.1, 0.15) is 17.0 Å². The molecule has 2 aliphatic rings. The fourth-order valence-electron chi connectivity index (χ4n) is 4.80. The molecule has 0 radical (unpaired) electrons. The van der Waals surface area contributed by atoms with Crippen molar-refractivity contribution in [3.05, 3.63) is 46.5 Å². The Kier molecular flexibility index (Phi) is 7.20. The van der Waals surface area contributed by atoms with E-state index in [1.165, 1.54) is 9.80 Å². The minimum absolute atomic E-state index is 0.187. The first kappa shape index (κ1) is 24.8. The van der Waals surface area contributed by atoms with Crippen LogP contribution >= 0.6 is 11.3 Å². The van der Waals surface area contributed by atoms with Crippen LogP contribution in [0.1, 0.15) is 60.0 Å². The molecule has 2 heterocycles. The molecule has 4 rings (SSSR count). The van der Waals surface area contributed by atoms with Crippen molar-refractivity contribution < 1.29 is 23.9 Å². The van der Waals surface area contributed by atoms with E-state index in [1.807, 2.05) is 30.3 Å². The fraction of sp³-hybridized carbons (Fsp3) is 0.480. The summed E-state index contributed by atoms with van der Waals surface area (Å²) in [6, 6.07) is 8.92. The zero-order valence-electron chi connectivity index (χ0n) is 20.3. The topological polar surface area (TPSA) is 100 Å². The number of benzene rings is 1. The lowest BCUT2D eigenvalue weighted by molar-refractivity contribution is -0.136. The number of nitrogens with zero attached hydrogens (tertiary/aromatic N) is 4. The van der Waals surface area contributed by atoms with Crippen LogP contribution in [0.2, 0.25) is 0 Å². The molecule has 35 heavy (non-hydrogen) atoms. The number of carbonyl (C=O) groups excluding carboxylic acids is 4. The van der Waals surface area contributed by atoms with Gasteiger partial charge in [0.2, 0.25) is 5.91 Å². The number of ether oxygens (including phenoxy) is 1. The molecule has 0 atom stereocenters. The van der Waals surface area contributed by atoms with Crippen molar-refractivity contribution in [2.45, 2.75) is 58.0 Å². The van der Waals surface area contributed by atoms with Crippen LogP contribution < -0.4 is 4.90 Å². The summed E-state index contributed by atoms with van der Waals surface area (Å²) >= 11 is 1.07. The lowest BCUT2D eigenvalue weighted by Crippen LogP contribution is -2.49. The first-order valence-corrected chi connectivity index (χ1v) is 12.7. The third-order valence-corrected chi connectivity index (χ3v) is 7.90. The number of imide groups is 1. The molecule has 0 N–H and O–H groups in total. The quantitative estimate of drug-likeness (QED) is 0.426. The number of urea groups is 1. The number of aromatic nitrogens is 1. The normalized spacial score (nSPS) is 17.2. The number of aryl methyl sites for hydroxylation is 1. The molecule has 4 amide bonds. The lowest BCUT2D eigenvalue weighted by Gasteiger charge is -2.35. The van der Waals surface area contributed by atoms with Crippen molar-refractivity contribution in [3.8, 4) is 0 Å². The Balaban J connectivity index is 1.62. The molecular weight excluding hydrogens is 468 g/mol. The molecule has 0 bridgehead atoms. The molecule has 1 spiro atoms. The van der Waals surface area contributed by atoms with Gasteiger partial charge in [-0.15, -0.1) is 0 Å². The molecule has 1 aliphatic carbocycles. The van der Waals surface area contributed by atoms with Gasteiger partial charge in [-0.3, -0.25) is 19.4 Å². The lowest BCUT2D eigenvalue weighted by atomic mass is 9.81. The minimum atomic E-state index is -0.852. The van der Waals surface area contributed by atoms with E-state index in [0.717, 1.165) is 41.1 Å². The maximum Gasteiger partial charge on any atom is 0.350 e. The monoisotopic (exact) mass is 498 g/mol. The Morgan fingerprint density at radius 3 is 2.49 bits per heavy atom. The van der Waals surface area contributed by atoms with Gasteiger partial charge >= 0.3 is 12.0 Å². The number of likely N-dealkylation sites (N-methyl/N-ethyl adjacent to an activating group) is 1. The van der Waals surface area contributed by atoms with Crippen molar-refractivity contribution in [1.82, 2.24) is 14.8 Å². The molecule has 2 aromatic rings. The smallest absolute Gasteiger partial charge is 0.350 e. The molecule has 186 valence electrons. The van der Waals surface area contributed by atoms with Crippen LogP contribution in [0.3, 0.4) is 0 Å². The highest BCUT2D eigenvalue weighted by Gasteiger charge is 2.56. The van der Waals surface area contributed by atoms with E-state index < -0.39 is 23.4 Å². The van der Waals surface area contributed by atoms with Crippen LogP contribution in [0.15, 0.2) is 30.3 Å². The van der Waals surface area contributed by atoms with Crippen molar-refractivity contribution in [2.75, 3.05) is 25.1 Å². The zero-order valence-corrected chi connectivity index (χ0v) is 21.1. The molecule has 1 aromatic heterocycles. The highest BCUT2D eigenvalue weighted by Crippen LogP contribution is 2.39. The Hall–Kier alpha value is -3.27. The molecule has 1 aliphatic heterocycles. The van der Waals surface area contributed by atoms with Crippen LogP contribution in [0.5, 0.6) is 0 Å². The summed E-state index contributed by atoms with van der Waals surface area (Å²) < 4.78 is 5.12. The van der Waals surface area contributed by atoms with E-state index >= 15 is 0 Å². The van der Waals surface area contributed by atoms with E-state index in [4.69, 9.17) is 4.74 Å². The van der Waals surface area contributed by atoms with Gasteiger partial charge in [0, 0.05) is 7.05 Å². The van der Waals surface area contributed by atoms with Crippen LogP contribution in [-0.2, 0) is 20.9 Å². The molecule has 10 heteroatoms. The van der Waals surface area contributed by atoms with Gasteiger partial charge in [0.05, 0.1) is 18.8 Å². The Labute approximate surface area is 208 Å². The van der Waals surface area contributed by atoms with Crippen molar-refractivity contribution in [1.29, 1.82) is 0 Å². The second kappa shape index (κ2) is 10.2. The number of anilines is 1. The largest absolute Gasteiger partial charge is 0.462 e. The van der Waals surface area contributed by atoms with Crippen LogP contribution in [0, 0.1) is 6.92 Å². The average Bonchev–Trinajstić information content (AvgIpc) is 3.32.